The first-order valence-electron chi connectivity index (χ1n) is 8.08. The average Bonchev–Trinajstić information content (AvgIpc) is 3.09. The molecule has 0 fully saturated rings. The van der Waals surface area contributed by atoms with Crippen LogP contribution in [-0.2, 0) is 0 Å². The van der Waals surface area contributed by atoms with Gasteiger partial charge in [-0.25, -0.2) is 13.2 Å². The molecule has 0 atom stereocenters. The molecule has 0 unspecified atom stereocenters. The topological polar surface area (TPSA) is 46.3 Å². The summed E-state index contributed by atoms with van der Waals surface area (Å²) in [6.45, 7) is 0. The molecule has 0 bridgehead atoms. The molecule has 0 saturated carbocycles. The van der Waals surface area contributed by atoms with Crippen LogP contribution in [0.5, 0.6) is 0 Å². The minimum Gasteiger partial charge on any atom is -0.362 e. The van der Waals surface area contributed by atoms with Crippen LogP contribution < -0.4 is 4.90 Å². The summed E-state index contributed by atoms with van der Waals surface area (Å²) in [5.41, 5.74) is 0.867. The van der Waals surface area contributed by atoms with Crippen LogP contribution >= 0.6 is 0 Å². The van der Waals surface area contributed by atoms with Gasteiger partial charge in [0.05, 0.1) is 16.8 Å². The number of aromatic nitrogens is 4. The number of rotatable bonds is 3. The molecule has 2 aromatic heterocycles. The number of anilines is 1. The predicted molar refractivity (Wildman–Crippen MR) is 95.9 cm³/mol. The number of fused-ring (bicyclic) bond motifs is 1. The molecule has 0 radical (unpaired) electrons. The summed E-state index contributed by atoms with van der Waals surface area (Å²) in [6, 6.07) is 10.3. The summed E-state index contributed by atoms with van der Waals surface area (Å²) in [6.07, 6.45) is 1.31. The van der Waals surface area contributed by atoms with Gasteiger partial charge in [-0.15, -0.1) is 0 Å². The average molecular weight is 369 g/mol. The van der Waals surface area contributed by atoms with Crippen molar-refractivity contribution in [3.63, 3.8) is 0 Å². The Hall–Kier alpha value is -3.42. The number of nitrogens with zero attached hydrogens (tertiary/aromatic N) is 5. The number of halogens is 3. The van der Waals surface area contributed by atoms with Gasteiger partial charge in [0.1, 0.15) is 29.6 Å². The molecule has 0 N–H and O–H groups in total. The lowest BCUT2D eigenvalue weighted by molar-refractivity contribution is 0.548. The van der Waals surface area contributed by atoms with Crippen LogP contribution in [0.3, 0.4) is 0 Å². The Morgan fingerprint density at radius 1 is 0.926 bits per heavy atom. The first kappa shape index (κ1) is 17.0. The van der Waals surface area contributed by atoms with Crippen molar-refractivity contribution in [2.45, 2.75) is 0 Å². The van der Waals surface area contributed by atoms with Crippen molar-refractivity contribution in [3.05, 3.63) is 66.2 Å². The Morgan fingerprint density at radius 2 is 1.59 bits per heavy atom. The van der Waals surface area contributed by atoms with E-state index in [1.54, 1.807) is 43.3 Å². The zero-order chi connectivity index (χ0) is 19.1. The van der Waals surface area contributed by atoms with Crippen molar-refractivity contribution < 1.29 is 13.2 Å². The van der Waals surface area contributed by atoms with Gasteiger partial charge in [0.25, 0.3) is 5.78 Å². The zero-order valence-electron chi connectivity index (χ0n) is 14.5. The molecule has 0 amide bonds. The Morgan fingerprint density at radius 3 is 2.22 bits per heavy atom. The molecule has 27 heavy (non-hydrogen) atoms. The quantitative estimate of drug-likeness (QED) is 0.549. The molecule has 4 aromatic rings. The fourth-order valence-corrected chi connectivity index (χ4v) is 3.03. The third kappa shape index (κ3) is 2.79. The summed E-state index contributed by atoms with van der Waals surface area (Å²) in [4.78, 5) is 10.1. The van der Waals surface area contributed by atoms with Crippen LogP contribution in [0, 0.1) is 17.5 Å². The van der Waals surface area contributed by atoms with Crippen molar-refractivity contribution in [3.8, 4) is 22.4 Å². The highest BCUT2D eigenvalue weighted by Gasteiger charge is 2.26. The smallest absolute Gasteiger partial charge is 0.254 e. The van der Waals surface area contributed by atoms with E-state index in [0.717, 1.165) is 0 Å². The van der Waals surface area contributed by atoms with Gasteiger partial charge in [0.2, 0.25) is 0 Å². The van der Waals surface area contributed by atoms with Gasteiger partial charge in [0.15, 0.2) is 0 Å². The van der Waals surface area contributed by atoms with Crippen molar-refractivity contribution in [2.75, 3.05) is 19.0 Å². The number of benzene rings is 2. The van der Waals surface area contributed by atoms with Crippen LogP contribution in [-0.4, -0.2) is 33.7 Å². The Labute approximate surface area is 152 Å². The van der Waals surface area contributed by atoms with Gasteiger partial charge in [-0.2, -0.15) is 19.6 Å². The van der Waals surface area contributed by atoms with Gasteiger partial charge in [-0.05, 0) is 0 Å². The minimum atomic E-state index is -1.02. The second-order valence-corrected chi connectivity index (χ2v) is 6.14. The first-order chi connectivity index (χ1) is 13.0. The van der Waals surface area contributed by atoms with E-state index in [2.05, 4.69) is 15.1 Å². The lowest BCUT2D eigenvalue weighted by atomic mass is 9.98. The maximum absolute atomic E-state index is 14.7. The lowest BCUT2D eigenvalue weighted by Crippen LogP contribution is -2.16. The van der Waals surface area contributed by atoms with E-state index in [-0.39, 0.29) is 16.9 Å². The second-order valence-electron chi connectivity index (χ2n) is 6.14. The van der Waals surface area contributed by atoms with Gasteiger partial charge < -0.3 is 4.90 Å². The highest BCUT2D eigenvalue weighted by atomic mass is 19.1. The van der Waals surface area contributed by atoms with E-state index in [9.17, 15) is 13.2 Å². The van der Waals surface area contributed by atoms with Gasteiger partial charge in [-0.3, -0.25) is 0 Å². The molecule has 2 aromatic carbocycles. The van der Waals surface area contributed by atoms with E-state index in [1.165, 1.54) is 10.8 Å². The SMILES string of the molecule is CN(C)c1nc2ncnn2c(-c2ccccc2)c1-c1c(F)cc(F)cc1F. The van der Waals surface area contributed by atoms with E-state index < -0.39 is 17.5 Å². The summed E-state index contributed by atoms with van der Waals surface area (Å²) < 4.78 is 44.3. The molecular formula is C19H14F3N5. The predicted octanol–water partition coefficient (Wildman–Crippen LogP) is 3.94. The van der Waals surface area contributed by atoms with Crippen LogP contribution in [0.1, 0.15) is 0 Å². The highest BCUT2D eigenvalue weighted by molar-refractivity contribution is 5.90. The Kier molecular flexibility index (Phi) is 4.02. The van der Waals surface area contributed by atoms with Gasteiger partial charge in [0, 0.05) is 31.8 Å². The monoisotopic (exact) mass is 369 g/mol. The Balaban J connectivity index is 2.21. The zero-order valence-corrected chi connectivity index (χ0v) is 14.5. The van der Waals surface area contributed by atoms with Crippen molar-refractivity contribution in [1.29, 1.82) is 0 Å². The minimum absolute atomic E-state index is 0.166. The maximum atomic E-state index is 14.7. The van der Waals surface area contributed by atoms with Gasteiger partial charge in [-0.1, -0.05) is 30.3 Å². The third-order valence-electron chi connectivity index (χ3n) is 4.14. The fourth-order valence-electron chi connectivity index (χ4n) is 3.03. The van der Waals surface area contributed by atoms with Crippen LogP contribution in [0.2, 0.25) is 0 Å². The first-order valence-corrected chi connectivity index (χ1v) is 8.08. The second kappa shape index (κ2) is 6.39. The van der Waals surface area contributed by atoms with E-state index in [0.29, 0.717) is 29.2 Å². The standard InChI is InChI=1S/C19H14F3N5/c1-26(2)18-16(15-13(21)8-12(20)9-14(15)22)17(11-6-4-3-5-7-11)27-19(25-18)23-10-24-27/h3-10H,1-2H3. The molecule has 0 spiro atoms. The molecule has 2 heterocycles. The summed E-state index contributed by atoms with van der Waals surface area (Å²) in [5.74, 6) is -2.46. The molecule has 8 heteroatoms. The molecule has 0 saturated heterocycles. The number of hydrogen-bond acceptors (Lipinski definition) is 4. The van der Waals surface area contributed by atoms with Crippen LogP contribution in [0.4, 0.5) is 19.0 Å². The van der Waals surface area contributed by atoms with Crippen LogP contribution in [0.15, 0.2) is 48.8 Å². The van der Waals surface area contributed by atoms with Crippen molar-refractivity contribution >= 4 is 11.6 Å². The largest absolute Gasteiger partial charge is 0.362 e. The highest BCUT2D eigenvalue weighted by Crippen LogP contribution is 2.40. The molecule has 0 aliphatic heterocycles. The Bertz CT molecular complexity index is 1120. The lowest BCUT2D eigenvalue weighted by Gasteiger charge is -2.21. The molecule has 4 rings (SSSR count). The van der Waals surface area contributed by atoms with E-state index in [4.69, 9.17) is 0 Å². The summed E-state index contributed by atoms with van der Waals surface area (Å²) >= 11 is 0. The molecular weight excluding hydrogens is 355 g/mol. The molecule has 5 nitrogen and oxygen atoms in total. The summed E-state index contributed by atoms with van der Waals surface area (Å²) in [5, 5.41) is 4.16. The molecule has 0 aliphatic rings. The fraction of sp³-hybridized carbons (Fsp3) is 0.105. The van der Waals surface area contributed by atoms with E-state index >= 15 is 0 Å². The normalized spacial score (nSPS) is 11.1. The molecule has 136 valence electrons. The van der Waals surface area contributed by atoms with E-state index in [1.807, 2.05) is 6.07 Å². The van der Waals surface area contributed by atoms with Crippen molar-refractivity contribution in [2.24, 2.45) is 0 Å². The number of hydrogen-bond donors (Lipinski definition) is 0. The van der Waals surface area contributed by atoms with Crippen molar-refractivity contribution in [1.82, 2.24) is 19.6 Å². The van der Waals surface area contributed by atoms with Crippen LogP contribution in [0.25, 0.3) is 28.2 Å². The third-order valence-corrected chi connectivity index (χ3v) is 4.14. The molecule has 0 aliphatic carbocycles. The maximum Gasteiger partial charge on any atom is 0.254 e. The van der Waals surface area contributed by atoms with Gasteiger partial charge >= 0.3 is 0 Å². The summed E-state index contributed by atoms with van der Waals surface area (Å²) in [7, 11) is 3.40.